The molecule has 5 rings (SSSR count). The van der Waals surface area contributed by atoms with Crippen LogP contribution >= 0.6 is 0 Å². The first-order valence-corrected chi connectivity index (χ1v) is 13.1. The van der Waals surface area contributed by atoms with E-state index in [1.54, 1.807) is 6.20 Å². The second-order valence-electron chi connectivity index (χ2n) is 10.0. The molecule has 0 saturated heterocycles. The van der Waals surface area contributed by atoms with Crippen LogP contribution in [0.1, 0.15) is 70.3 Å². The number of aliphatic hydroxyl groups excluding tert-OH is 1. The van der Waals surface area contributed by atoms with E-state index in [2.05, 4.69) is 20.6 Å². The zero-order valence-corrected chi connectivity index (χ0v) is 20.9. The van der Waals surface area contributed by atoms with Crippen LogP contribution in [0, 0.1) is 11.6 Å². The molecule has 4 N–H and O–H groups in total. The van der Waals surface area contributed by atoms with Crippen molar-refractivity contribution in [2.45, 2.75) is 88.7 Å². The highest BCUT2D eigenvalue weighted by Gasteiger charge is 2.27. The molecule has 0 amide bonds. The third kappa shape index (κ3) is 6.02. The average Bonchev–Trinajstić information content (AvgIpc) is 3.53. The number of carbonyl (C=O) groups is 1. The Bertz CT molecular complexity index is 1250. The lowest BCUT2D eigenvalue weighted by atomic mass is 9.93. The van der Waals surface area contributed by atoms with E-state index in [1.807, 2.05) is 4.57 Å². The van der Waals surface area contributed by atoms with Gasteiger partial charge >= 0.3 is 5.97 Å². The molecule has 2 fully saturated rings. The Kier molecular flexibility index (Phi) is 7.98. The molecule has 0 spiro atoms. The summed E-state index contributed by atoms with van der Waals surface area (Å²) in [7, 11) is 0. The second kappa shape index (κ2) is 11.6. The lowest BCUT2D eigenvalue weighted by molar-refractivity contribution is -0.156. The minimum Gasteiger partial charge on any atom is -0.481 e. The zero-order chi connectivity index (χ0) is 26.6. The van der Waals surface area contributed by atoms with Crippen LogP contribution in [-0.4, -0.2) is 54.1 Å². The number of nitrogens with zero attached hydrogens (tertiary/aromatic N) is 4. The van der Waals surface area contributed by atoms with E-state index in [9.17, 15) is 18.7 Å². The van der Waals surface area contributed by atoms with Crippen molar-refractivity contribution in [1.82, 2.24) is 19.5 Å². The number of nitrogens with one attached hydrogen (secondary N) is 2. The molecule has 1 unspecified atom stereocenters. The van der Waals surface area contributed by atoms with Gasteiger partial charge in [-0.05, 0) is 50.7 Å². The van der Waals surface area contributed by atoms with E-state index in [-0.39, 0.29) is 36.7 Å². The molecule has 204 valence electrons. The first-order valence-electron chi connectivity index (χ1n) is 13.1. The number of carboxylic acids is 1. The minimum atomic E-state index is -1.08. The van der Waals surface area contributed by atoms with Crippen molar-refractivity contribution in [3.05, 3.63) is 36.0 Å². The molecule has 2 aliphatic rings. The number of hydrogen-bond acceptors (Lipinski definition) is 8. The Morgan fingerprint density at radius 2 is 1.82 bits per heavy atom. The van der Waals surface area contributed by atoms with Gasteiger partial charge in [0.2, 0.25) is 11.9 Å². The number of halogens is 2. The van der Waals surface area contributed by atoms with Crippen LogP contribution in [0.2, 0.25) is 0 Å². The fourth-order valence-corrected chi connectivity index (χ4v) is 5.35. The molecule has 0 aliphatic heterocycles. The number of para-hydroxylation sites is 1. The Hall–Kier alpha value is -3.38. The molecule has 3 aromatic rings. The maximum absolute atomic E-state index is 14.4. The fraction of sp³-hybridized carbons (Fsp3) is 0.538. The molecule has 1 atom stereocenters. The predicted octanol–water partition coefficient (Wildman–Crippen LogP) is 4.89. The van der Waals surface area contributed by atoms with Crippen molar-refractivity contribution in [3.8, 4) is 0 Å². The predicted molar refractivity (Wildman–Crippen MR) is 136 cm³/mol. The first kappa shape index (κ1) is 26.2. The Balaban J connectivity index is 1.29. The number of aliphatic carboxylic acids is 1. The van der Waals surface area contributed by atoms with Gasteiger partial charge in [0.1, 0.15) is 22.8 Å². The highest BCUT2D eigenvalue weighted by atomic mass is 19.1. The third-order valence-electron chi connectivity index (χ3n) is 7.28. The number of benzene rings is 1. The van der Waals surface area contributed by atoms with Crippen molar-refractivity contribution < 1.29 is 28.5 Å². The Morgan fingerprint density at radius 3 is 2.50 bits per heavy atom. The summed E-state index contributed by atoms with van der Waals surface area (Å²) in [6.07, 6.45) is 7.29. The van der Waals surface area contributed by atoms with E-state index < -0.39 is 23.9 Å². The normalized spacial score (nSPS) is 21.0. The van der Waals surface area contributed by atoms with Crippen LogP contribution in [0.5, 0.6) is 0 Å². The van der Waals surface area contributed by atoms with Crippen LogP contribution in [0.25, 0.3) is 11.2 Å². The van der Waals surface area contributed by atoms with Gasteiger partial charge in [-0.2, -0.15) is 4.98 Å². The quantitative estimate of drug-likeness (QED) is 0.270. The number of rotatable bonds is 10. The molecule has 2 aromatic heterocycles. The van der Waals surface area contributed by atoms with Gasteiger partial charge in [0, 0.05) is 18.5 Å². The molecule has 10 nitrogen and oxygen atoms in total. The molecule has 0 bridgehead atoms. The van der Waals surface area contributed by atoms with E-state index in [0.29, 0.717) is 35.9 Å². The lowest BCUT2D eigenvalue weighted by Crippen LogP contribution is -2.32. The molecule has 1 aromatic carbocycles. The van der Waals surface area contributed by atoms with Gasteiger partial charge in [0.05, 0.1) is 18.7 Å². The third-order valence-corrected chi connectivity index (χ3v) is 7.28. The first-order chi connectivity index (χ1) is 18.4. The highest BCUT2D eigenvalue weighted by molar-refractivity contribution is 5.76. The number of aliphatic hydroxyl groups is 1. The Labute approximate surface area is 218 Å². The van der Waals surface area contributed by atoms with E-state index in [0.717, 1.165) is 38.5 Å². The van der Waals surface area contributed by atoms with Gasteiger partial charge in [-0.25, -0.2) is 18.7 Å². The zero-order valence-electron chi connectivity index (χ0n) is 20.9. The molecular formula is C26H32F2N6O4. The summed E-state index contributed by atoms with van der Waals surface area (Å²) >= 11 is 0. The Morgan fingerprint density at radius 1 is 1.11 bits per heavy atom. The van der Waals surface area contributed by atoms with Crippen molar-refractivity contribution in [2.75, 3.05) is 10.6 Å². The SMILES string of the molecule is O=C(O)CCC(O)OC1CCC(Nc2ncc3nc(Nc4c(F)cccc4F)n(C4CCCC4)c3n2)CC1. The van der Waals surface area contributed by atoms with Crippen LogP contribution in [0.4, 0.5) is 26.4 Å². The van der Waals surface area contributed by atoms with Crippen molar-refractivity contribution in [1.29, 1.82) is 0 Å². The molecular weight excluding hydrogens is 498 g/mol. The van der Waals surface area contributed by atoms with Gasteiger partial charge in [-0.15, -0.1) is 0 Å². The summed E-state index contributed by atoms with van der Waals surface area (Å²) in [4.78, 5) is 24.4. The van der Waals surface area contributed by atoms with Gasteiger partial charge in [-0.1, -0.05) is 18.9 Å². The highest BCUT2D eigenvalue weighted by Crippen LogP contribution is 2.36. The number of ether oxygens (including phenoxy) is 1. The van der Waals surface area contributed by atoms with E-state index in [1.165, 1.54) is 18.2 Å². The monoisotopic (exact) mass is 530 g/mol. The van der Waals surface area contributed by atoms with Crippen molar-refractivity contribution in [3.63, 3.8) is 0 Å². The van der Waals surface area contributed by atoms with Crippen LogP contribution in [-0.2, 0) is 9.53 Å². The summed E-state index contributed by atoms with van der Waals surface area (Å²) in [5.74, 6) is -1.57. The van der Waals surface area contributed by atoms with E-state index >= 15 is 0 Å². The maximum Gasteiger partial charge on any atom is 0.303 e. The smallest absolute Gasteiger partial charge is 0.303 e. The summed E-state index contributed by atoms with van der Waals surface area (Å²) < 4.78 is 36.3. The molecule has 2 heterocycles. The molecule has 2 aliphatic carbocycles. The molecule has 38 heavy (non-hydrogen) atoms. The van der Waals surface area contributed by atoms with Gasteiger partial charge in [0.15, 0.2) is 11.9 Å². The summed E-state index contributed by atoms with van der Waals surface area (Å²) in [5, 5.41) is 24.9. The number of aromatic nitrogens is 4. The fourth-order valence-electron chi connectivity index (χ4n) is 5.35. The minimum absolute atomic E-state index is 0.0659. The van der Waals surface area contributed by atoms with Gasteiger partial charge < -0.3 is 25.6 Å². The summed E-state index contributed by atoms with van der Waals surface area (Å²) in [6.45, 7) is 0. The molecule has 2 saturated carbocycles. The lowest BCUT2D eigenvalue weighted by Gasteiger charge is -2.30. The van der Waals surface area contributed by atoms with E-state index in [4.69, 9.17) is 14.8 Å². The maximum atomic E-state index is 14.4. The number of imidazole rings is 1. The largest absolute Gasteiger partial charge is 0.481 e. The second-order valence-corrected chi connectivity index (χ2v) is 10.0. The number of fused-ring (bicyclic) bond motifs is 1. The van der Waals surface area contributed by atoms with Gasteiger partial charge in [-0.3, -0.25) is 9.36 Å². The molecule has 12 heteroatoms. The van der Waals surface area contributed by atoms with Crippen molar-refractivity contribution >= 4 is 34.7 Å². The topological polar surface area (TPSA) is 134 Å². The van der Waals surface area contributed by atoms with Crippen LogP contribution < -0.4 is 10.6 Å². The van der Waals surface area contributed by atoms with Crippen molar-refractivity contribution in [2.24, 2.45) is 0 Å². The summed E-state index contributed by atoms with van der Waals surface area (Å²) in [6, 6.07) is 3.94. The number of carboxylic acid groups (broad SMARTS) is 1. The standard InChI is InChI=1S/C26H32F2N6O4/c27-18-6-3-7-19(28)23(18)32-26-31-20-14-29-25(33-24(20)34(26)16-4-1-2-5-16)30-15-8-10-17(11-9-15)38-22(37)13-12-21(35)36/h3,6-7,14-17,22,37H,1-2,4-5,8-13H2,(H,31,32)(H,35,36)(H,29,30,33). The van der Waals surface area contributed by atoms with Crippen LogP contribution in [0.3, 0.4) is 0 Å². The molecule has 0 radical (unpaired) electrons. The van der Waals surface area contributed by atoms with Crippen LogP contribution in [0.15, 0.2) is 24.4 Å². The van der Waals surface area contributed by atoms with Gasteiger partial charge in [0.25, 0.3) is 0 Å². The number of hydrogen-bond donors (Lipinski definition) is 4. The average molecular weight is 531 g/mol. The number of anilines is 3. The summed E-state index contributed by atoms with van der Waals surface area (Å²) in [5.41, 5.74) is 0.891.